The molecule has 0 aliphatic carbocycles. The van der Waals surface area contributed by atoms with E-state index in [9.17, 15) is 0 Å². The molecule has 0 rings (SSSR count). The third-order valence-corrected chi connectivity index (χ3v) is 6.03. The van der Waals surface area contributed by atoms with Gasteiger partial charge in [0.1, 0.15) is 0 Å². The highest BCUT2D eigenvalue weighted by molar-refractivity contribution is 9.09. The van der Waals surface area contributed by atoms with Crippen molar-refractivity contribution in [2.45, 2.75) is 58.5 Å². The molecule has 0 heterocycles. The molecule has 0 aromatic rings. The monoisotopic (exact) mass is 310 g/mol. The van der Waals surface area contributed by atoms with Gasteiger partial charge in [-0.2, -0.15) is 0 Å². The summed E-state index contributed by atoms with van der Waals surface area (Å²) in [6.45, 7) is 8.33. The summed E-state index contributed by atoms with van der Waals surface area (Å²) in [7, 11) is -1.87. The van der Waals surface area contributed by atoms with E-state index in [1.807, 2.05) is 0 Å². The van der Waals surface area contributed by atoms with E-state index in [1.54, 1.807) is 0 Å². The largest absolute Gasteiger partial charge is 0.394 e. The van der Waals surface area contributed by atoms with Crippen LogP contribution in [0.3, 0.4) is 0 Å². The summed E-state index contributed by atoms with van der Waals surface area (Å²) in [4.78, 5) is 0. The summed E-state index contributed by atoms with van der Waals surface area (Å²) in [5, 5.41) is 1.05. The average molecular weight is 311 g/mol. The van der Waals surface area contributed by atoms with Crippen molar-refractivity contribution in [3.63, 3.8) is 0 Å². The van der Waals surface area contributed by atoms with Crippen molar-refractivity contribution in [1.82, 2.24) is 0 Å². The first-order valence-corrected chi connectivity index (χ1v) is 10.2. The Morgan fingerprint density at radius 3 is 1.81 bits per heavy atom. The molecule has 0 amide bonds. The lowest BCUT2D eigenvalue weighted by atomic mass is 10.4. The second-order valence-corrected chi connectivity index (χ2v) is 8.47. The predicted molar refractivity (Wildman–Crippen MR) is 76.6 cm³/mol. The van der Waals surface area contributed by atoms with Crippen LogP contribution in [0.4, 0.5) is 0 Å². The average Bonchev–Trinajstić information content (AvgIpc) is 2.27. The summed E-state index contributed by atoms with van der Waals surface area (Å²) in [5.41, 5.74) is 0. The van der Waals surface area contributed by atoms with Crippen LogP contribution in [0.5, 0.6) is 0 Å². The quantitative estimate of drug-likeness (QED) is 0.318. The van der Waals surface area contributed by atoms with Crippen LogP contribution in [0.2, 0.25) is 12.6 Å². The SMILES string of the molecule is CCCCO[Si](C)(CCCBr)OCCCC. The van der Waals surface area contributed by atoms with Crippen LogP contribution in [0.15, 0.2) is 0 Å². The third kappa shape index (κ3) is 8.73. The number of hydrogen-bond donors (Lipinski definition) is 0. The Morgan fingerprint density at radius 2 is 1.44 bits per heavy atom. The van der Waals surface area contributed by atoms with Gasteiger partial charge in [-0.25, -0.2) is 0 Å². The first-order chi connectivity index (χ1) is 7.68. The predicted octanol–water partition coefficient (Wildman–Crippen LogP) is 4.48. The van der Waals surface area contributed by atoms with E-state index in [1.165, 1.54) is 12.8 Å². The molecule has 0 aromatic heterocycles. The van der Waals surface area contributed by atoms with E-state index >= 15 is 0 Å². The summed E-state index contributed by atoms with van der Waals surface area (Å²) < 4.78 is 12.0. The van der Waals surface area contributed by atoms with Gasteiger partial charge in [-0.05, 0) is 31.9 Å². The molecule has 0 unspecified atom stereocenters. The van der Waals surface area contributed by atoms with Crippen molar-refractivity contribution >= 4 is 24.5 Å². The number of halogens is 1. The van der Waals surface area contributed by atoms with Crippen LogP contribution in [0.25, 0.3) is 0 Å². The lowest BCUT2D eigenvalue weighted by Crippen LogP contribution is -2.39. The fourth-order valence-electron chi connectivity index (χ4n) is 1.44. The molecular weight excluding hydrogens is 284 g/mol. The van der Waals surface area contributed by atoms with E-state index in [2.05, 4.69) is 36.3 Å². The Labute approximate surface area is 110 Å². The van der Waals surface area contributed by atoms with Crippen molar-refractivity contribution in [1.29, 1.82) is 0 Å². The van der Waals surface area contributed by atoms with Crippen molar-refractivity contribution in [2.24, 2.45) is 0 Å². The van der Waals surface area contributed by atoms with Crippen LogP contribution in [0, 0.1) is 0 Å². The molecule has 16 heavy (non-hydrogen) atoms. The van der Waals surface area contributed by atoms with Crippen LogP contribution < -0.4 is 0 Å². The zero-order valence-corrected chi connectivity index (χ0v) is 13.6. The van der Waals surface area contributed by atoms with Crippen LogP contribution >= 0.6 is 15.9 Å². The molecule has 0 radical (unpaired) electrons. The van der Waals surface area contributed by atoms with E-state index < -0.39 is 8.56 Å². The van der Waals surface area contributed by atoms with Gasteiger partial charge in [0.05, 0.1) is 0 Å². The molecule has 4 heteroatoms. The van der Waals surface area contributed by atoms with Gasteiger partial charge in [-0.1, -0.05) is 42.6 Å². The summed E-state index contributed by atoms with van der Waals surface area (Å²) in [5.74, 6) is 0. The van der Waals surface area contributed by atoms with Gasteiger partial charge in [0.2, 0.25) is 0 Å². The highest BCUT2D eigenvalue weighted by Gasteiger charge is 2.30. The Hall–Kier alpha value is 0.617. The van der Waals surface area contributed by atoms with Gasteiger partial charge in [0.15, 0.2) is 0 Å². The van der Waals surface area contributed by atoms with Crippen molar-refractivity contribution in [2.75, 3.05) is 18.5 Å². The summed E-state index contributed by atoms with van der Waals surface area (Å²) in [6.07, 6.45) is 5.83. The molecule has 0 aromatic carbocycles. The van der Waals surface area contributed by atoms with Gasteiger partial charge >= 0.3 is 8.56 Å². The molecule has 0 atom stereocenters. The topological polar surface area (TPSA) is 18.5 Å². The lowest BCUT2D eigenvalue weighted by Gasteiger charge is -2.27. The molecule has 2 nitrogen and oxygen atoms in total. The Balaban J connectivity index is 3.91. The molecule has 0 aliphatic rings. The van der Waals surface area contributed by atoms with Gasteiger partial charge in [-0.3, -0.25) is 0 Å². The first-order valence-electron chi connectivity index (χ1n) is 6.52. The first kappa shape index (κ1) is 16.6. The van der Waals surface area contributed by atoms with Crippen LogP contribution in [0.1, 0.15) is 46.0 Å². The van der Waals surface area contributed by atoms with E-state index in [0.29, 0.717) is 0 Å². The standard InChI is InChI=1S/C12H27BrO2Si/c1-4-6-10-14-16(3,12-8-9-13)15-11-7-5-2/h4-12H2,1-3H3. The van der Waals surface area contributed by atoms with Gasteiger partial charge in [-0.15, -0.1) is 0 Å². The number of alkyl halides is 1. The highest BCUT2D eigenvalue weighted by atomic mass is 79.9. The molecule has 0 saturated heterocycles. The maximum Gasteiger partial charge on any atom is 0.334 e. The maximum atomic E-state index is 6.01. The molecule has 98 valence electrons. The van der Waals surface area contributed by atoms with E-state index in [-0.39, 0.29) is 0 Å². The van der Waals surface area contributed by atoms with Gasteiger partial charge in [0, 0.05) is 18.5 Å². The van der Waals surface area contributed by atoms with Crippen LogP contribution in [-0.2, 0) is 8.85 Å². The second kappa shape index (κ2) is 10.8. The Bertz CT molecular complexity index is 146. The minimum absolute atomic E-state index is 0.869. The molecular formula is C12H27BrO2Si. The third-order valence-electron chi connectivity index (χ3n) is 2.58. The molecule has 0 N–H and O–H groups in total. The summed E-state index contributed by atoms with van der Waals surface area (Å²) >= 11 is 3.48. The number of unbranched alkanes of at least 4 members (excludes halogenated alkanes) is 2. The summed E-state index contributed by atoms with van der Waals surface area (Å²) in [6, 6.07) is 1.10. The van der Waals surface area contributed by atoms with Crippen molar-refractivity contribution in [3.8, 4) is 0 Å². The van der Waals surface area contributed by atoms with Crippen molar-refractivity contribution < 1.29 is 8.85 Å². The zero-order valence-electron chi connectivity index (χ0n) is 11.1. The molecule has 0 fully saturated rings. The maximum absolute atomic E-state index is 6.01. The second-order valence-electron chi connectivity index (χ2n) is 4.33. The van der Waals surface area contributed by atoms with Gasteiger partial charge in [0.25, 0.3) is 0 Å². The normalized spacial score (nSPS) is 12.0. The smallest absolute Gasteiger partial charge is 0.334 e. The van der Waals surface area contributed by atoms with Gasteiger partial charge < -0.3 is 8.85 Å². The highest BCUT2D eigenvalue weighted by Crippen LogP contribution is 2.18. The van der Waals surface area contributed by atoms with E-state index in [4.69, 9.17) is 8.85 Å². The minimum Gasteiger partial charge on any atom is -0.394 e. The molecule has 0 bridgehead atoms. The number of rotatable bonds is 11. The van der Waals surface area contributed by atoms with Crippen molar-refractivity contribution in [3.05, 3.63) is 0 Å². The van der Waals surface area contributed by atoms with Crippen LogP contribution in [-0.4, -0.2) is 27.1 Å². The molecule has 0 aliphatic heterocycles. The van der Waals surface area contributed by atoms with E-state index in [0.717, 1.165) is 43.9 Å². The zero-order chi connectivity index (χ0) is 12.3. The molecule has 0 saturated carbocycles. The fourth-order valence-corrected chi connectivity index (χ4v) is 4.58. The Kier molecular flexibility index (Phi) is 11.2. The fraction of sp³-hybridized carbons (Fsp3) is 1.00. The minimum atomic E-state index is -1.87. The molecule has 0 spiro atoms. The Morgan fingerprint density at radius 1 is 0.938 bits per heavy atom. The number of hydrogen-bond acceptors (Lipinski definition) is 2. The lowest BCUT2D eigenvalue weighted by molar-refractivity contribution is 0.168.